The van der Waals surface area contributed by atoms with E-state index < -0.39 is 11.6 Å². The van der Waals surface area contributed by atoms with E-state index in [0.717, 1.165) is 25.3 Å². The van der Waals surface area contributed by atoms with E-state index in [2.05, 4.69) is 5.16 Å². The van der Waals surface area contributed by atoms with E-state index in [-0.39, 0.29) is 11.8 Å². The molecule has 1 fully saturated rings. The zero-order valence-corrected chi connectivity index (χ0v) is 9.62. The number of hydrogen-bond acceptors (Lipinski definition) is 3. The first-order chi connectivity index (χ1) is 8.65. The van der Waals surface area contributed by atoms with Gasteiger partial charge >= 0.3 is 0 Å². The lowest BCUT2D eigenvalue weighted by molar-refractivity contribution is 0.369. The molecule has 18 heavy (non-hydrogen) atoms. The largest absolute Gasteiger partial charge is 0.367 e. The topological polar surface area (TPSA) is 52.0 Å². The van der Waals surface area contributed by atoms with Gasteiger partial charge in [0, 0.05) is 12.0 Å². The minimum absolute atomic E-state index is 0.113. The summed E-state index contributed by atoms with van der Waals surface area (Å²) in [5.74, 6) is -0.871. The van der Waals surface area contributed by atoms with Crippen molar-refractivity contribution in [1.29, 1.82) is 0 Å². The Labute approximate surface area is 103 Å². The van der Waals surface area contributed by atoms with E-state index in [1.54, 1.807) is 0 Å². The molecule has 1 saturated carbocycles. The minimum Gasteiger partial charge on any atom is -0.367 e. The summed E-state index contributed by atoms with van der Waals surface area (Å²) in [5, 5.41) is 3.93. The lowest BCUT2D eigenvalue weighted by Crippen LogP contribution is -2.10. The molecule has 1 heterocycles. The highest BCUT2D eigenvalue weighted by Crippen LogP contribution is 2.42. The normalized spacial score (nSPS) is 15.7. The van der Waals surface area contributed by atoms with Crippen molar-refractivity contribution in [1.82, 2.24) is 5.16 Å². The van der Waals surface area contributed by atoms with Gasteiger partial charge in [0.1, 0.15) is 11.6 Å². The first-order valence-corrected chi connectivity index (χ1v) is 5.86. The van der Waals surface area contributed by atoms with Crippen LogP contribution in [0.4, 0.5) is 14.7 Å². The van der Waals surface area contributed by atoms with Crippen LogP contribution in [0.1, 0.15) is 30.9 Å². The highest BCUT2D eigenvalue weighted by Gasteiger charge is 2.28. The second-order valence-corrected chi connectivity index (χ2v) is 4.59. The average molecular weight is 250 g/mol. The van der Waals surface area contributed by atoms with Gasteiger partial charge in [-0.25, -0.2) is 8.78 Å². The molecule has 5 heteroatoms. The number of nitrogens with two attached hydrogens (primary N) is 1. The Hall–Kier alpha value is -1.91. The fourth-order valence-electron chi connectivity index (χ4n) is 2.26. The fraction of sp³-hybridized carbons (Fsp3) is 0.308. The summed E-state index contributed by atoms with van der Waals surface area (Å²) in [6.45, 7) is 0. The van der Waals surface area contributed by atoms with Gasteiger partial charge in [-0.2, -0.15) is 0 Å². The molecule has 2 N–H and O–H groups in total. The van der Waals surface area contributed by atoms with Crippen LogP contribution in [-0.4, -0.2) is 5.16 Å². The third kappa shape index (κ3) is 1.75. The van der Waals surface area contributed by atoms with E-state index in [9.17, 15) is 8.78 Å². The second kappa shape index (κ2) is 4.08. The average Bonchev–Trinajstić information content (AvgIpc) is 2.56. The third-order valence-corrected chi connectivity index (χ3v) is 3.39. The van der Waals surface area contributed by atoms with Gasteiger partial charge in [0.05, 0.1) is 11.3 Å². The van der Waals surface area contributed by atoms with E-state index in [1.165, 1.54) is 12.1 Å². The molecule has 0 unspecified atom stereocenters. The van der Waals surface area contributed by atoms with Crippen LogP contribution in [0.15, 0.2) is 22.7 Å². The van der Waals surface area contributed by atoms with Crippen molar-refractivity contribution in [2.24, 2.45) is 0 Å². The number of nitrogen functional groups attached to an aromatic ring is 1. The van der Waals surface area contributed by atoms with Gasteiger partial charge in [0.25, 0.3) is 0 Å². The highest BCUT2D eigenvalue weighted by molar-refractivity contribution is 5.75. The van der Waals surface area contributed by atoms with Crippen molar-refractivity contribution in [3.05, 3.63) is 35.5 Å². The highest BCUT2D eigenvalue weighted by atomic mass is 19.1. The van der Waals surface area contributed by atoms with Crippen molar-refractivity contribution >= 4 is 5.88 Å². The van der Waals surface area contributed by atoms with Crippen LogP contribution >= 0.6 is 0 Å². The first kappa shape index (κ1) is 11.2. The molecule has 0 aliphatic heterocycles. The van der Waals surface area contributed by atoms with Crippen LogP contribution in [0, 0.1) is 11.6 Å². The molecule has 3 rings (SSSR count). The molecule has 0 saturated heterocycles. The van der Waals surface area contributed by atoms with Gasteiger partial charge in [0.15, 0.2) is 0 Å². The van der Waals surface area contributed by atoms with Gasteiger partial charge in [-0.05, 0) is 30.5 Å². The molecule has 0 atom stereocenters. The van der Waals surface area contributed by atoms with Crippen LogP contribution in [0.2, 0.25) is 0 Å². The van der Waals surface area contributed by atoms with Crippen molar-refractivity contribution in [3.63, 3.8) is 0 Å². The van der Waals surface area contributed by atoms with E-state index in [4.69, 9.17) is 10.3 Å². The molecule has 94 valence electrons. The SMILES string of the molecule is Nc1onc(C2CCC2)c1-c1cc(F)cc(F)c1. The maximum Gasteiger partial charge on any atom is 0.230 e. The van der Waals surface area contributed by atoms with Gasteiger partial charge < -0.3 is 10.3 Å². The van der Waals surface area contributed by atoms with Gasteiger partial charge in [-0.15, -0.1) is 0 Å². The lowest BCUT2D eigenvalue weighted by Gasteiger charge is -2.23. The number of nitrogens with zero attached hydrogens (tertiary/aromatic N) is 1. The standard InChI is InChI=1S/C13H12F2N2O/c14-9-4-8(5-10(15)6-9)11-12(7-2-1-3-7)17-18-13(11)16/h4-7H,1-3,16H2. The van der Waals surface area contributed by atoms with E-state index >= 15 is 0 Å². The van der Waals surface area contributed by atoms with E-state index in [0.29, 0.717) is 16.8 Å². The van der Waals surface area contributed by atoms with Crippen LogP contribution in [-0.2, 0) is 0 Å². The molecular formula is C13H12F2N2O. The fourth-order valence-corrected chi connectivity index (χ4v) is 2.26. The molecule has 1 aromatic heterocycles. The smallest absolute Gasteiger partial charge is 0.230 e. The molecular weight excluding hydrogens is 238 g/mol. The Bertz CT molecular complexity index is 570. The number of aromatic nitrogens is 1. The molecule has 1 aliphatic rings. The van der Waals surface area contributed by atoms with Crippen molar-refractivity contribution in [3.8, 4) is 11.1 Å². The zero-order valence-electron chi connectivity index (χ0n) is 9.62. The molecule has 0 bridgehead atoms. The Morgan fingerprint density at radius 1 is 1.17 bits per heavy atom. The van der Waals surface area contributed by atoms with Crippen molar-refractivity contribution in [2.75, 3.05) is 5.73 Å². The monoisotopic (exact) mass is 250 g/mol. The number of benzene rings is 1. The Balaban J connectivity index is 2.12. The molecule has 2 aromatic rings. The van der Waals surface area contributed by atoms with Gasteiger partial charge in [0.2, 0.25) is 5.88 Å². The second-order valence-electron chi connectivity index (χ2n) is 4.59. The summed E-state index contributed by atoms with van der Waals surface area (Å²) >= 11 is 0. The quantitative estimate of drug-likeness (QED) is 0.887. The van der Waals surface area contributed by atoms with Crippen molar-refractivity contribution < 1.29 is 13.3 Å². The maximum absolute atomic E-state index is 13.2. The predicted octanol–water partition coefficient (Wildman–Crippen LogP) is 3.47. The van der Waals surface area contributed by atoms with E-state index in [1.807, 2.05) is 0 Å². The summed E-state index contributed by atoms with van der Waals surface area (Å²) < 4.78 is 31.5. The summed E-state index contributed by atoms with van der Waals surface area (Å²) in [7, 11) is 0. The number of hydrogen-bond donors (Lipinski definition) is 1. The molecule has 0 amide bonds. The Kier molecular flexibility index (Phi) is 2.54. The summed E-state index contributed by atoms with van der Waals surface area (Å²) in [6.07, 6.45) is 3.15. The third-order valence-electron chi connectivity index (χ3n) is 3.39. The molecule has 0 spiro atoms. The first-order valence-electron chi connectivity index (χ1n) is 5.86. The number of anilines is 1. The molecule has 1 aromatic carbocycles. The van der Waals surface area contributed by atoms with Crippen LogP contribution in [0.25, 0.3) is 11.1 Å². The van der Waals surface area contributed by atoms with Crippen molar-refractivity contribution in [2.45, 2.75) is 25.2 Å². The zero-order chi connectivity index (χ0) is 12.7. The summed E-state index contributed by atoms with van der Waals surface area (Å²) in [6, 6.07) is 3.32. The molecule has 1 aliphatic carbocycles. The molecule has 3 nitrogen and oxygen atoms in total. The maximum atomic E-state index is 13.2. The lowest BCUT2D eigenvalue weighted by atomic mass is 9.80. The number of halogens is 2. The predicted molar refractivity (Wildman–Crippen MR) is 62.9 cm³/mol. The van der Waals surface area contributed by atoms with Crippen LogP contribution in [0.5, 0.6) is 0 Å². The summed E-state index contributed by atoms with van der Waals surface area (Å²) in [5.41, 5.74) is 7.34. The minimum atomic E-state index is -0.634. The Morgan fingerprint density at radius 2 is 1.83 bits per heavy atom. The van der Waals surface area contributed by atoms with Crippen LogP contribution < -0.4 is 5.73 Å². The summed E-state index contributed by atoms with van der Waals surface area (Å²) in [4.78, 5) is 0. The molecule has 0 radical (unpaired) electrons. The van der Waals surface area contributed by atoms with Crippen LogP contribution in [0.3, 0.4) is 0 Å². The Morgan fingerprint density at radius 3 is 2.39 bits per heavy atom. The van der Waals surface area contributed by atoms with Gasteiger partial charge in [-0.3, -0.25) is 0 Å². The number of rotatable bonds is 2. The van der Waals surface area contributed by atoms with Gasteiger partial charge in [-0.1, -0.05) is 11.6 Å².